The molecule has 0 radical (unpaired) electrons. The van der Waals surface area contributed by atoms with E-state index in [1.54, 1.807) is 36.4 Å². The van der Waals surface area contributed by atoms with E-state index in [0.717, 1.165) is 11.6 Å². The first-order valence-electron chi connectivity index (χ1n) is 7.48. The Morgan fingerprint density at radius 1 is 1.04 bits per heavy atom. The van der Waals surface area contributed by atoms with E-state index in [2.05, 4.69) is 10.3 Å². The molecule has 3 rings (SSSR count). The second kappa shape index (κ2) is 8.14. The number of rotatable bonds is 2. The van der Waals surface area contributed by atoms with E-state index in [-0.39, 0.29) is 13.1 Å². The number of anilines is 1. The van der Waals surface area contributed by atoms with Gasteiger partial charge in [0.1, 0.15) is 0 Å². The van der Waals surface area contributed by atoms with Crippen LogP contribution in [0.3, 0.4) is 0 Å². The molecular formula is C19H17Cl2F3N2. The van der Waals surface area contributed by atoms with E-state index in [4.69, 9.17) is 23.2 Å². The molecule has 1 heterocycles. The van der Waals surface area contributed by atoms with Gasteiger partial charge in [-0.25, -0.2) is 0 Å². The summed E-state index contributed by atoms with van der Waals surface area (Å²) in [6.45, 7) is 0.719. The predicted molar refractivity (Wildman–Crippen MR) is 104 cm³/mol. The first kappa shape index (κ1) is 20.3. The van der Waals surface area contributed by atoms with E-state index in [9.17, 15) is 13.2 Å². The van der Waals surface area contributed by atoms with Crippen LogP contribution < -0.4 is 5.32 Å². The van der Waals surface area contributed by atoms with Gasteiger partial charge < -0.3 is 5.32 Å². The minimum atomic E-state index is -4.43. The Morgan fingerprint density at radius 2 is 1.81 bits per heavy atom. The van der Waals surface area contributed by atoms with E-state index in [1.165, 1.54) is 6.07 Å². The third-order valence-corrected chi connectivity index (χ3v) is 4.46. The Kier molecular flexibility index (Phi) is 6.37. The number of allylic oxidation sites excluding steroid dienone is 1. The quantitative estimate of drug-likeness (QED) is 0.604. The molecule has 0 saturated heterocycles. The van der Waals surface area contributed by atoms with Crippen molar-refractivity contribution in [3.63, 3.8) is 0 Å². The Labute approximate surface area is 160 Å². The maximum atomic E-state index is 13.2. The van der Waals surface area contributed by atoms with Crippen LogP contribution in [0.1, 0.15) is 24.1 Å². The van der Waals surface area contributed by atoms with Crippen LogP contribution >= 0.6 is 23.2 Å². The second-order valence-electron chi connectivity index (χ2n) is 5.43. The van der Waals surface area contributed by atoms with Crippen molar-refractivity contribution in [3.8, 4) is 0 Å². The summed E-state index contributed by atoms with van der Waals surface area (Å²) in [4.78, 5) is 4.38. The highest BCUT2D eigenvalue weighted by Crippen LogP contribution is 2.37. The Balaban J connectivity index is 0.00000243. The summed E-state index contributed by atoms with van der Waals surface area (Å²) < 4.78 is 39.7. The fourth-order valence-corrected chi connectivity index (χ4v) is 2.88. The summed E-state index contributed by atoms with van der Waals surface area (Å²) in [5.74, 6) is 0. The molecule has 138 valence electrons. The van der Waals surface area contributed by atoms with Crippen molar-refractivity contribution < 1.29 is 13.2 Å². The number of fused-ring (bicyclic) bond motifs is 1. The zero-order valence-corrected chi connectivity index (χ0v) is 14.4. The Morgan fingerprint density at radius 3 is 2.50 bits per heavy atom. The second-order valence-corrected chi connectivity index (χ2v) is 6.24. The number of hydrogen-bond donors (Lipinski definition) is 1. The van der Waals surface area contributed by atoms with E-state index in [1.807, 2.05) is 0 Å². The highest BCUT2D eigenvalue weighted by atomic mass is 35.5. The van der Waals surface area contributed by atoms with Crippen LogP contribution in [0.4, 0.5) is 18.9 Å². The molecule has 0 aromatic heterocycles. The number of hydrogen-bond acceptors (Lipinski definition) is 2. The van der Waals surface area contributed by atoms with Gasteiger partial charge in [0.05, 0.1) is 33.6 Å². The predicted octanol–water partition coefficient (Wildman–Crippen LogP) is 6.58. The molecule has 1 N–H and O–H groups in total. The average Bonchev–Trinajstić information content (AvgIpc) is 2.77. The number of benzodiazepines with no additional fused rings is 1. The molecular weight excluding hydrogens is 384 g/mol. The molecule has 0 fully saturated rings. The minimum Gasteiger partial charge on any atom is -0.382 e. The van der Waals surface area contributed by atoms with Crippen LogP contribution in [0.5, 0.6) is 0 Å². The molecule has 2 aromatic rings. The Bertz CT molecular complexity index is 858. The molecule has 0 unspecified atom stereocenters. The highest BCUT2D eigenvalue weighted by Gasteiger charge is 2.35. The van der Waals surface area contributed by atoms with Gasteiger partial charge in [0.15, 0.2) is 0 Å². The fourth-order valence-electron chi connectivity index (χ4n) is 2.57. The van der Waals surface area contributed by atoms with Crippen molar-refractivity contribution in [2.75, 3.05) is 18.4 Å². The zero-order valence-electron chi connectivity index (χ0n) is 12.9. The van der Waals surface area contributed by atoms with Gasteiger partial charge in [-0.05, 0) is 29.8 Å². The lowest BCUT2D eigenvalue weighted by Gasteiger charge is -2.16. The molecule has 0 amide bonds. The SMILES string of the molecule is C.FC(F)(F)c1cccc2c1NCCN=C2/C=C/c1ccc(Cl)c(Cl)c1. The zero-order chi connectivity index (χ0) is 18.0. The average molecular weight is 401 g/mol. The van der Waals surface area contributed by atoms with Crippen molar-refractivity contribution >= 4 is 40.7 Å². The van der Waals surface area contributed by atoms with Gasteiger partial charge in [-0.3, -0.25) is 4.99 Å². The smallest absolute Gasteiger partial charge is 0.382 e. The topological polar surface area (TPSA) is 24.4 Å². The molecule has 1 aliphatic rings. The lowest BCUT2D eigenvalue weighted by molar-refractivity contribution is -0.136. The molecule has 7 heteroatoms. The fraction of sp³-hybridized carbons (Fsp3) is 0.211. The monoisotopic (exact) mass is 400 g/mol. The van der Waals surface area contributed by atoms with Gasteiger partial charge in [0.25, 0.3) is 0 Å². The molecule has 26 heavy (non-hydrogen) atoms. The molecule has 2 aromatic carbocycles. The largest absolute Gasteiger partial charge is 0.418 e. The van der Waals surface area contributed by atoms with Crippen LogP contribution in [-0.4, -0.2) is 18.8 Å². The number of nitrogens with one attached hydrogen (secondary N) is 1. The first-order valence-corrected chi connectivity index (χ1v) is 8.24. The van der Waals surface area contributed by atoms with E-state index in [0.29, 0.717) is 34.4 Å². The molecule has 2 nitrogen and oxygen atoms in total. The van der Waals surface area contributed by atoms with Gasteiger partial charge >= 0.3 is 6.18 Å². The van der Waals surface area contributed by atoms with Crippen molar-refractivity contribution in [3.05, 3.63) is 69.2 Å². The number of benzene rings is 2. The van der Waals surface area contributed by atoms with Crippen molar-refractivity contribution in [2.24, 2.45) is 4.99 Å². The highest BCUT2D eigenvalue weighted by molar-refractivity contribution is 6.42. The van der Waals surface area contributed by atoms with Gasteiger partial charge in [-0.15, -0.1) is 0 Å². The van der Waals surface area contributed by atoms with Crippen LogP contribution in [0, 0.1) is 0 Å². The summed E-state index contributed by atoms with van der Waals surface area (Å²) in [6.07, 6.45) is -0.997. The first-order chi connectivity index (χ1) is 11.9. The minimum absolute atomic E-state index is 0. The summed E-state index contributed by atoms with van der Waals surface area (Å²) in [7, 11) is 0. The number of para-hydroxylation sites is 1. The summed E-state index contributed by atoms with van der Waals surface area (Å²) in [5.41, 5.74) is 1.05. The van der Waals surface area contributed by atoms with Gasteiger partial charge in [0, 0.05) is 12.1 Å². The van der Waals surface area contributed by atoms with Crippen LogP contribution in [0.2, 0.25) is 10.0 Å². The van der Waals surface area contributed by atoms with Gasteiger partial charge in [-0.1, -0.05) is 54.9 Å². The molecule has 0 aliphatic carbocycles. The maximum absolute atomic E-state index is 13.2. The van der Waals surface area contributed by atoms with Crippen molar-refractivity contribution in [1.29, 1.82) is 0 Å². The van der Waals surface area contributed by atoms with Crippen LogP contribution in [-0.2, 0) is 6.18 Å². The molecule has 0 saturated carbocycles. The number of halogens is 5. The van der Waals surface area contributed by atoms with Crippen molar-refractivity contribution in [1.82, 2.24) is 0 Å². The van der Waals surface area contributed by atoms with Crippen molar-refractivity contribution in [2.45, 2.75) is 13.6 Å². The molecule has 0 bridgehead atoms. The lowest BCUT2D eigenvalue weighted by atomic mass is 10.0. The van der Waals surface area contributed by atoms with Crippen LogP contribution in [0.15, 0.2) is 47.5 Å². The summed E-state index contributed by atoms with van der Waals surface area (Å²) >= 11 is 11.9. The van der Waals surface area contributed by atoms with E-state index < -0.39 is 11.7 Å². The summed E-state index contributed by atoms with van der Waals surface area (Å²) in [6, 6.07) is 9.20. The Hall–Kier alpha value is -1.98. The number of alkyl halides is 3. The van der Waals surface area contributed by atoms with E-state index >= 15 is 0 Å². The third kappa shape index (κ3) is 4.40. The van der Waals surface area contributed by atoms with Crippen LogP contribution in [0.25, 0.3) is 6.08 Å². The summed E-state index contributed by atoms with van der Waals surface area (Å²) in [5, 5.41) is 3.69. The lowest BCUT2D eigenvalue weighted by Crippen LogP contribution is -2.13. The standard InChI is InChI=1S/C18H13Cl2F3N2.CH4/c19-14-6-4-11(10-15(14)20)5-7-16-12-2-1-3-13(18(21,22)23)17(12)25-9-8-24-16;/h1-7,10,25H,8-9H2;1H4/b7-5+;. The van der Waals surface area contributed by atoms with Gasteiger partial charge in [-0.2, -0.15) is 13.2 Å². The maximum Gasteiger partial charge on any atom is 0.418 e. The molecule has 0 atom stereocenters. The van der Waals surface area contributed by atoms with Gasteiger partial charge in [0.2, 0.25) is 0 Å². The molecule has 1 aliphatic heterocycles. The number of nitrogens with zero attached hydrogens (tertiary/aromatic N) is 1. The third-order valence-electron chi connectivity index (χ3n) is 3.72. The molecule has 0 spiro atoms. The normalized spacial score (nSPS) is 14.1. The number of aliphatic imine (C=N–C) groups is 1.